The van der Waals surface area contributed by atoms with Gasteiger partial charge in [-0.05, 0) is 33.2 Å². The van der Waals surface area contributed by atoms with E-state index in [9.17, 15) is 0 Å². The summed E-state index contributed by atoms with van der Waals surface area (Å²) in [4.78, 5) is 8.35. The second-order valence-corrected chi connectivity index (χ2v) is 5.91. The molecule has 0 saturated heterocycles. The van der Waals surface area contributed by atoms with Crippen molar-refractivity contribution in [3.8, 4) is 0 Å². The fourth-order valence-electron chi connectivity index (χ4n) is 1.90. The SMILES string of the molecule is CCCCN(C)c1nc(C)c(C(C)NCCC)s1. The first-order chi connectivity index (χ1) is 8.60. The van der Waals surface area contributed by atoms with E-state index in [-0.39, 0.29) is 0 Å². The van der Waals surface area contributed by atoms with E-state index >= 15 is 0 Å². The number of hydrogen-bond acceptors (Lipinski definition) is 4. The summed E-state index contributed by atoms with van der Waals surface area (Å²) in [7, 11) is 2.14. The van der Waals surface area contributed by atoms with Crippen LogP contribution in [0.5, 0.6) is 0 Å². The maximum absolute atomic E-state index is 4.70. The van der Waals surface area contributed by atoms with Gasteiger partial charge in [0, 0.05) is 24.5 Å². The minimum Gasteiger partial charge on any atom is -0.351 e. The Morgan fingerprint density at radius 2 is 2.06 bits per heavy atom. The summed E-state index contributed by atoms with van der Waals surface area (Å²) in [5.74, 6) is 0. The average molecular weight is 269 g/mol. The van der Waals surface area contributed by atoms with Crippen molar-refractivity contribution in [3.63, 3.8) is 0 Å². The van der Waals surface area contributed by atoms with Gasteiger partial charge in [0.05, 0.1) is 5.69 Å². The van der Waals surface area contributed by atoms with Crippen molar-refractivity contribution in [1.29, 1.82) is 0 Å². The van der Waals surface area contributed by atoms with Crippen molar-refractivity contribution in [2.75, 3.05) is 25.0 Å². The Balaban J connectivity index is 2.68. The fourth-order valence-corrected chi connectivity index (χ4v) is 2.98. The van der Waals surface area contributed by atoms with Crippen LogP contribution >= 0.6 is 11.3 Å². The molecule has 0 aliphatic heterocycles. The van der Waals surface area contributed by atoms with Gasteiger partial charge < -0.3 is 10.2 Å². The Morgan fingerprint density at radius 3 is 2.67 bits per heavy atom. The summed E-state index contributed by atoms with van der Waals surface area (Å²) in [6.45, 7) is 10.9. The topological polar surface area (TPSA) is 28.2 Å². The molecule has 0 saturated carbocycles. The number of hydrogen-bond donors (Lipinski definition) is 1. The van der Waals surface area contributed by atoms with E-state index in [2.05, 4.69) is 45.0 Å². The van der Waals surface area contributed by atoms with Crippen LogP contribution in [0.4, 0.5) is 5.13 Å². The van der Waals surface area contributed by atoms with Crippen LogP contribution in [0.1, 0.15) is 56.6 Å². The van der Waals surface area contributed by atoms with Crippen LogP contribution < -0.4 is 10.2 Å². The van der Waals surface area contributed by atoms with E-state index in [0.717, 1.165) is 18.2 Å². The van der Waals surface area contributed by atoms with Gasteiger partial charge in [0.1, 0.15) is 0 Å². The highest BCUT2D eigenvalue weighted by molar-refractivity contribution is 7.15. The van der Waals surface area contributed by atoms with Crippen LogP contribution in [0, 0.1) is 6.92 Å². The van der Waals surface area contributed by atoms with Crippen molar-refractivity contribution in [3.05, 3.63) is 10.6 Å². The molecule has 1 aromatic rings. The second kappa shape index (κ2) is 7.74. The summed E-state index contributed by atoms with van der Waals surface area (Å²) >= 11 is 1.83. The zero-order valence-electron chi connectivity index (χ0n) is 12.4. The molecule has 1 N–H and O–H groups in total. The lowest BCUT2D eigenvalue weighted by atomic mass is 10.2. The molecule has 0 fully saturated rings. The van der Waals surface area contributed by atoms with Gasteiger partial charge in [0.2, 0.25) is 0 Å². The number of unbranched alkanes of at least 4 members (excludes halogenated alkanes) is 1. The molecule has 0 amide bonds. The summed E-state index contributed by atoms with van der Waals surface area (Å²) in [6.07, 6.45) is 3.63. The van der Waals surface area contributed by atoms with Crippen LogP contribution in [-0.2, 0) is 0 Å². The maximum Gasteiger partial charge on any atom is 0.185 e. The highest BCUT2D eigenvalue weighted by atomic mass is 32.1. The van der Waals surface area contributed by atoms with E-state index in [0.29, 0.717) is 6.04 Å². The lowest BCUT2D eigenvalue weighted by Gasteiger charge is -2.15. The molecule has 104 valence electrons. The van der Waals surface area contributed by atoms with E-state index < -0.39 is 0 Å². The average Bonchev–Trinajstić information content (AvgIpc) is 2.75. The van der Waals surface area contributed by atoms with E-state index in [1.54, 1.807) is 0 Å². The molecule has 1 atom stereocenters. The Labute approximate surface area is 116 Å². The Hall–Kier alpha value is -0.610. The maximum atomic E-state index is 4.70. The summed E-state index contributed by atoms with van der Waals surface area (Å²) in [6, 6.07) is 0.413. The minimum absolute atomic E-state index is 0.413. The van der Waals surface area contributed by atoms with E-state index in [1.165, 1.54) is 29.8 Å². The number of thiazole rings is 1. The van der Waals surface area contributed by atoms with Crippen molar-refractivity contribution >= 4 is 16.5 Å². The molecule has 1 aromatic heterocycles. The molecule has 18 heavy (non-hydrogen) atoms. The zero-order valence-corrected chi connectivity index (χ0v) is 13.2. The van der Waals surface area contributed by atoms with Gasteiger partial charge in [-0.2, -0.15) is 0 Å². The first kappa shape index (κ1) is 15.4. The summed E-state index contributed by atoms with van der Waals surface area (Å²) in [5.41, 5.74) is 1.18. The first-order valence-corrected chi connectivity index (χ1v) is 7.83. The molecule has 0 aliphatic rings. The molecule has 0 bridgehead atoms. The Bertz CT molecular complexity index is 349. The van der Waals surface area contributed by atoms with Gasteiger partial charge in [-0.1, -0.05) is 20.3 Å². The number of nitrogens with one attached hydrogen (secondary N) is 1. The molecule has 1 rings (SSSR count). The third kappa shape index (κ3) is 4.25. The van der Waals surface area contributed by atoms with Crippen LogP contribution in [0.3, 0.4) is 0 Å². The molecule has 0 spiro atoms. The Morgan fingerprint density at radius 1 is 1.33 bits per heavy atom. The third-order valence-corrected chi connectivity index (χ3v) is 4.54. The molecule has 1 unspecified atom stereocenters. The van der Waals surface area contributed by atoms with E-state index in [1.807, 2.05) is 11.3 Å². The molecular weight excluding hydrogens is 242 g/mol. The quantitative estimate of drug-likeness (QED) is 0.779. The molecule has 0 radical (unpaired) electrons. The van der Waals surface area contributed by atoms with Crippen LogP contribution in [0.15, 0.2) is 0 Å². The zero-order chi connectivity index (χ0) is 13.5. The van der Waals surface area contributed by atoms with Crippen LogP contribution in [0.2, 0.25) is 0 Å². The number of anilines is 1. The van der Waals surface area contributed by atoms with Gasteiger partial charge in [-0.25, -0.2) is 4.98 Å². The third-order valence-electron chi connectivity index (χ3n) is 3.09. The van der Waals surface area contributed by atoms with Gasteiger partial charge in [-0.3, -0.25) is 0 Å². The largest absolute Gasteiger partial charge is 0.351 e. The van der Waals surface area contributed by atoms with Gasteiger partial charge in [-0.15, -0.1) is 11.3 Å². The fraction of sp³-hybridized carbons (Fsp3) is 0.786. The normalized spacial score (nSPS) is 12.7. The second-order valence-electron chi connectivity index (χ2n) is 4.90. The van der Waals surface area contributed by atoms with Crippen molar-refractivity contribution in [1.82, 2.24) is 10.3 Å². The van der Waals surface area contributed by atoms with Gasteiger partial charge in [0.25, 0.3) is 0 Å². The smallest absolute Gasteiger partial charge is 0.185 e. The number of nitrogens with zero attached hydrogens (tertiary/aromatic N) is 2. The van der Waals surface area contributed by atoms with Crippen molar-refractivity contribution in [2.24, 2.45) is 0 Å². The lowest BCUT2D eigenvalue weighted by Crippen LogP contribution is -2.19. The van der Waals surface area contributed by atoms with Gasteiger partial charge in [0.15, 0.2) is 5.13 Å². The minimum atomic E-state index is 0.413. The number of aryl methyl sites for hydroxylation is 1. The molecule has 0 aliphatic carbocycles. The van der Waals surface area contributed by atoms with Crippen LogP contribution in [0.25, 0.3) is 0 Å². The molecule has 3 nitrogen and oxygen atoms in total. The Kier molecular flexibility index (Phi) is 6.65. The van der Waals surface area contributed by atoms with Crippen molar-refractivity contribution in [2.45, 2.75) is 53.0 Å². The number of aromatic nitrogens is 1. The lowest BCUT2D eigenvalue weighted by molar-refractivity contribution is 0.575. The first-order valence-electron chi connectivity index (χ1n) is 7.01. The molecule has 1 heterocycles. The van der Waals surface area contributed by atoms with Crippen molar-refractivity contribution < 1.29 is 0 Å². The molecule has 4 heteroatoms. The molecular formula is C14H27N3S. The van der Waals surface area contributed by atoms with Crippen LogP contribution in [-0.4, -0.2) is 25.1 Å². The molecule has 0 aromatic carbocycles. The number of rotatable bonds is 8. The standard InChI is InChI=1S/C14H27N3S/c1-6-8-10-17(5)14-16-12(4)13(18-14)11(3)15-9-7-2/h11,15H,6-10H2,1-5H3. The summed E-state index contributed by atoms with van der Waals surface area (Å²) in [5, 5.41) is 4.69. The summed E-state index contributed by atoms with van der Waals surface area (Å²) < 4.78 is 0. The predicted octanol–water partition coefficient (Wildman–Crippen LogP) is 3.75. The predicted molar refractivity (Wildman–Crippen MR) is 81.7 cm³/mol. The van der Waals surface area contributed by atoms with E-state index in [4.69, 9.17) is 4.98 Å². The monoisotopic (exact) mass is 269 g/mol. The highest BCUT2D eigenvalue weighted by Crippen LogP contribution is 2.30. The highest BCUT2D eigenvalue weighted by Gasteiger charge is 2.15. The van der Waals surface area contributed by atoms with Gasteiger partial charge >= 0.3 is 0 Å².